The summed E-state index contributed by atoms with van der Waals surface area (Å²) < 4.78 is 2.76. The fourth-order valence-corrected chi connectivity index (χ4v) is 1.97. The fraction of sp³-hybridized carbons (Fsp3) is 0.273. The topological polar surface area (TPSA) is 34.4 Å². The average Bonchev–Trinajstić information content (AvgIpc) is 2.55. The molecule has 2 heterocycles. The van der Waals surface area contributed by atoms with Gasteiger partial charge in [-0.25, -0.2) is 4.98 Å². The van der Waals surface area contributed by atoms with Crippen LogP contribution in [0, 0.1) is 0 Å². The lowest BCUT2D eigenvalue weighted by Crippen LogP contribution is -1.94. The summed E-state index contributed by atoms with van der Waals surface area (Å²) in [7, 11) is 0. The maximum Gasteiger partial charge on any atom is 0.168 e. The highest BCUT2D eigenvalue weighted by molar-refractivity contribution is 9.10. The van der Waals surface area contributed by atoms with E-state index in [9.17, 15) is 4.79 Å². The van der Waals surface area contributed by atoms with Crippen molar-refractivity contribution in [3.8, 4) is 0 Å². The molecule has 0 radical (unpaired) electrons. The predicted octanol–water partition coefficient (Wildman–Crippen LogP) is 2.86. The average molecular weight is 267 g/mol. The Morgan fingerprint density at radius 3 is 3.00 bits per heavy atom. The highest BCUT2D eigenvalue weighted by Gasteiger charge is 2.10. The molecule has 0 aliphatic rings. The molecule has 0 aromatic carbocycles. The highest BCUT2D eigenvalue weighted by Crippen LogP contribution is 2.16. The van der Waals surface area contributed by atoms with Crippen molar-refractivity contribution >= 4 is 27.9 Å². The predicted molar refractivity (Wildman–Crippen MR) is 62.3 cm³/mol. The summed E-state index contributed by atoms with van der Waals surface area (Å²) in [4.78, 5) is 15.4. The molecule has 0 saturated heterocycles. The molecule has 15 heavy (non-hydrogen) atoms. The van der Waals surface area contributed by atoms with Crippen molar-refractivity contribution in [1.82, 2.24) is 9.38 Å². The number of nitrogens with zero attached hydrogens (tertiary/aromatic N) is 2. The third-order valence-corrected chi connectivity index (χ3v) is 2.76. The normalized spacial score (nSPS) is 10.8. The third-order valence-electron chi connectivity index (χ3n) is 2.29. The first-order valence-corrected chi connectivity index (χ1v) is 5.67. The van der Waals surface area contributed by atoms with Gasteiger partial charge in [0.25, 0.3) is 0 Å². The van der Waals surface area contributed by atoms with E-state index in [0.29, 0.717) is 5.69 Å². The molecule has 0 unspecified atom stereocenters. The van der Waals surface area contributed by atoms with E-state index >= 15 is 0 Å². The van der Waals surface area contributed by atoms with Crippen LogP contribution in [-0.4, -0.2) is 15.7 Å². The van der Waals surface area contributed by atoms with Crippen molar-refractivity contribution < 1.29 is 4.79 Å². The van der Waals surface area contributed by atoms with Crippen LogP contribution < -0.4 is 0 Å². The molecule has 0 aliphatic heterocycles. The van der Waals surface area contributed by atoms with E-state index in [0.717, 1.165) is 34.9 Å². The SMILES string of the molecule is CCCc1nc2ccc(Br)cn2c1C=O. The van der Waals surface area contributed by atoms with Gasteiger partial charge in [0.05, 0.1) is 5.69 Å². The van der Waals surface area contributed by atoms with E-state index in [-0.39, 0.29) is 0 Å². The number of fused-ring (bicyclic) bond motifs is 1. The first-order chi connectivity index (χ1) is 7.26. The van der Waals surface area contributed by atoms with Crippen LogP contribution in [0.5, 0.6) is 0 Å². The molecule has 0 spiro atoms. The molecule has 78 valence electrons. The van der Waals surface area contributed by atoms with Crippen LogP contribution >= 0.6 is 15.9 Å². The molecule has 0 aliphatic carbocycles. The smallest absolute Gasteiger partial charge is 0.168 e. The molecule has 0 amide bonds. The van der Waals surface area contributed by atoms with Crippen molar-refractivity contribution in [3.63, 3.8) is 0 Å². The molecule has 0 fully saturated rings. The molecule has 0 saturated carbocycles. The van der Waals surface area contributed by atoms with E-state index < -0.39 is 0 Å². The largest absolute Gasteiger partial charge is 0.296 e. The van der Waals surface area contributed by atoms with Crippen LogP contribution in [0.2, 0.25) is 0 Å². The highest BCUT2D eigenvalue weighted by atomic mass is 79.9. The summed E-state index contributed by atoms with van der Waals surface area (Å²) >= 11 is 3.38. The van der Waals surface area contributed by atoms with Gasteiger partial charge in [-0.2, -0.15) is 0 Å². The van der Waals surface area contributed by atoms with Gasteiger partial charge >= 0.3 is 0 Å². The maximum atomic E-state index is 11.0. The molecule has 3 nitrogen and oxygen atoms in total. The summed E-state index contributed by atoms with van der Waals surface area (Å²) in [5, 5.41) is 0. The molecule has 2 aromatic rings. The summed E-state index contributed by atoms with van der Waals surface area (Å²) in [6.07, 6.45) is 4.57. The molecule has 4 heteroatoms. The number of carbonyl (C=O) groups excluding carboxylic acids is 1. The third kappa shape index (κ3) is 1.81. The summed E-state index contributed by atoms with van der Waals surface area (Å²) in [5.74, 6) is 0. The van der Waals surface area contributed by atoms with Gasteiger partial charge < -0.3 is 0 Å². The van der Waals surface area contributed by atoms with Gasteiger partial charge in [0.2, 0.25) is 0 Å². The van der Waals surface area contributed by atoms with Crippen LogP contribution in [0.1, 0.15) is 29.5 Å². The minimum absolute atomic E-state index is 0.660. The molecule has 0 N–H and O–H groups in total. The first kappa shape index (κ1) is 10.4. The van der Waals surface area contributed by atoms with Crippen molar-refractivity contribution in [2.45, 2.75) is 19.8 Å². The second kappa shape index (κ2) is 4.14. The van der Waals surface area contributed by atoms with Crippen molar-refractivity contribution in [2.75, 3.05) is 0 Å². The van der Waals surface area contributed by atoms with Crippen LogP contribution in [0.15, 0.2) is 22.8 Å². The number of aryl methyl sites for hydroxylation is 1. The number of aldehydes is 1. The summed E-state index contributed by atoms with van der Waals surface area (Å²) in [6, 6.07) is 3.82. The minimum atomic E-state index is 0.660. The zero-order chi connectivity index (χ0) is 10.8. The van der Waals surface area contributed by atoms with E-state index in [1.165, 1.54) is 0 Å². The Hall–Kier alpha value is -1.16. The lowest BCUT2D eigenvalue weighted by Gasteiger charge is -1.96. The van der Waals surface area contributed by atoms with Gasteiger partial charge in [-0.05, 0) is 34.5 Å². The van der Waals surface area contributed by atoms with Crippen LogP contribution in [0.25, 0.3) is 5.65 Å². The Kier molecular flexibility index (Phi) is 2.86. The zero-order valence-electron chi connectivity index (χ0n) is 8.40. The van der Waals surface area contributed by atoms with Gasteiger partial charge in [-0.1, -0.05) is 13.3 Å². The van der Waals surface area contributed by atoms with Crippen molar-refractivity contribution in [2.24, 2.45) is 0 Å². The molecule has 0 bridgehead atoms. The Balaban J connectivity index is 2.68. The lowest BCUT2D eigenvalue weighted by molar-refractivity contribution is 0.111. The number of imidazole rings is 1. The quantitative estimate of drug-likeness (QED) is 0.801. The van der Waals surface area contributed by atoms with E-state index in [4.69, 9.17) is 0 Å². The Bertz CT molecular complexity index is 505. The Morgan fingerprint density at radius 1 is 1.53 bits per heavy atom. The maximum absolute atomic E-state index is 11.0. The minimum Gasteiger partial charge on any atom is -0.296 e. The molecule has 2 rings (SSSR count). The van der Waals surface area contributed by atoms with Gasteiger partial charge in [0.15, 0.2) is 6.29 Å². The number of hydrogen-bond donors (Lipinski definition) is 0. The Labute approximate surface area is 96.3 Å². The van der Waals surface area contributed by atoms with Gasteiger partial charge in [-0.15, -0.1) is 0 Å². The van der Waals surface area contributed by atoms with Gasteiger partial charge in [-0.3, -0.25) is 9.20 Å². The monoisotopic (exact) mass is 266 g/mol. The standard InChI is InChI=1S/C11H11BrN2O/c1-2-3-9-10(7-15)14-6-8(12)4-5-11(14)13-9/h4-7H,2-3H2,1H3. The first-order valence-electron chi connectivity index (χ1n) is 4.88. The fourth-order valence-electron chi connectivity index (χ4n) is 1.63. The summed E-state index contributed by atoms with van der Waals surface area (Å²) in [5.41, 5.74) is 2.36. The molecular formula is C11H11BrN2O. The summed E-state index contributed by atoms with van der Waals surface area (Å²) in [6.45, 7) is 2.08. The number of hydrogen-bond acceptors (Lipinski definition) is 2. The van der Waals surface area contributed by atoms with Crippen molar-refractivity contribution in [3.05, 3.63) is 34.2 Å². The van der Waals surface area contributed by atoms with Crippen LogP contribution in [0.3, 0.4) is 0 Å². The Morgan fingerprint density at radius 2 is 2.33 bits per heavy atom. The number of rotatable bonds is 3. The second-order valence-electron chi connectivity index (χ2n) is 3.39. The van der Waals surface area contributed by atoms with E-state index in [2.05, 4.69) is 27.8 Å². The molecule has 2 aromatic heterocycles. The number of pyridine rings is 1. The number of halogens is 1. The lowest BCUT2D eigenvalue weighted by atomic mass is 10.2. The van der Waals surface area contributed by atoms with Crippen molar-refractivity contribution in [1.29, 1.82) is 0 Å². The van der Waals surface area contributed by atoms with Crippen LogP contribution in [-0.2, 0) is 6.42 Å². The second-order valence-corrected chi connectivity index (χ2v) is 4.30. The number of carbonyl (C=O) groups is 1. The van der Waals surface area contributed by atoms with E-state index in [1.54, 1.807) is 0 Å². The van der Waals surface area contributed by atoms with Gasteiger partial charge in [0.1, 0.15) is 11.3 Å². The number of aromatic nitrogens is 2. The van der Waals surface area contributed by atoms with Gasteiger partial charge in [0, 0.05) is 10.7 Å². The van der Waals surface area contributed by atoms with E-state index in [1.807, 2.05) is 22.7 Å². The molecular weight excluding hydrogens is 256 g/mol. The van der Waals surface area contributed by atoms with Crippen LogP contribution in [0.4, 0.5) is 0 Å². The zero-order valence-corrected chi connectivity index (χ0v) is 9.99. The molecule has 0 atom stereocenters.